The van der Waals surface area contributed by atoms with Gasteiger partial charge in [-0.25, -0.2) is 4.79 Å². The molecule has 18 heavy (non-hydrogen) atoms. The highest BCUT2D eigenvalue weighted by Crippen LogP contribution is 2.35. The fourth-order valence-corrected chi connectivity index (χ4v) is 2.50. The third-order valence-electron chi connectivity index (χ3n) is 2.78. The fraction of sp³-hybridized carbons (Fsp3) is 0.500. The van der Waals surface area contributed by atoms with Gasteiger partial charge in [-0.2, -0.15) is 0 Å². The minimum atomic E-state index is -0.303. The molecule has 0 amide bonds. The second-order valence-electron chi connectivity index (χ2n) is 4.51. The van der Waals surface area contributed by atoms with Crippen molar-refractivity contribution < 1.29 is 9.53 Å². The van der Waals surface area contributed by atoms with Gasteiger partial charge in [0.2, 0.25) is 0 Å². The van der Waals surface area contributed by atoms with E-state index in [2.05, 4.69) is 20.8 Å². The van der Waals surface area contributed by atoms with Crippen LogP contribution in [-0.2, 0) is 4.74 Å². The van der Waals surface area contributed by atoms with Gasteiger partial charge in [0, 0.05) is 15.8 Å². The smallest absolute Gasteiger partial charge is 0.339 e. The molecule has 1 atom stereocenters. The molecule has 0 heterocycles. The van der Waals surface area contributed by atoms with E-state index in [4.69, 9.17) is 10.5 Å². The number of hydrogen-bond donors (Lipinski definition) is 1. The number of hydrogen-bond acceptors (Lipinski definition) is 4. The second kappa shape index (κ2) is 6.69. The Morgan fingerprint density at radius 1 is 1.39 bits per heavy atom. The number of esters is 1. The number of anilines is 1. The summed E-state index contributed by atoms with van der Waals surface area (Å²) in [5.41, 5.74) is 7.18. The molecule has 0 aromatic heterocycles. The number of ether oxygens (including phenoxy) is 1. The highest BCUT2D eigenvalue weighted by molar-refractivity contribution is 8.00. The van der Waals surface area contributed by atoms with Crippen molar-refractivity contribution >= 4 is 23.4 Å². The van der Waals surface area contributed by atoms with E-state index >= 15 is 0 Å². The molecule has 1 unspecified atom stereocenters. The van der Waals surface area contributed by atoms with Gasteiger partial charge in [0.05, 0.1) is 12.2 Å². The first kappa shape index (κ1) is 14.9. The van der Waals surface area contributed by atoms with E-state index in [9.17, 15) is 4.79 Å². The Morgan fingerprint density at radius 2 is 2.06 bits per heavy atom. The molecule has 0 bridgehead atoms. The number of carbonyl (C=O) groups is 1. The maximum Gasteiger partial charge on any atom is 0.339 e. The van der Waals surface area contributed by atoms with Crippen molar-refractivity contribution in [3.05, 3.63) is 23.8 Å². The van der Waals surface area contributed by atoms with Gasteiger partial charge in [-0.3, -0.25) is 0 Å². The zero-order valence-electron chi connectivity index (χ0n) is 11.4. The van der Waals surface area contributed by atoms with Crippen LogP contribution in [0.2, 0.25) is 0 Å². The van der Waals surface area contributed by atoms with Crippen LogP contribution in [0.5, 0.6) is 0 Å². The van der Waals surface area contributed by atoms with Gasteiger partial charge in [0.1, 0.15) is 0 Å². The first-order valence-electron chi connectivity index (χ1n) is 6.19. The van der Waals surface area contributed by atoms with Crippen LogP contribution in [0.3, 0.4) is 0 Å². The van der Waals surface area contributed by atoms with Crippen LogP contribution in [0.25, 0.3) is 0 Å². The normalized spacial score (nSPS) is 12.5. The van der Waals surface area contributed by atoms with Crippen molar-refractivity contribution in [1.82, 2.24) is 0 Å². The van der Waals surface area contributed by atoms with E-state index in [1.54, 1.807) is 30.8 Å². The van der Waals surface area contributed by atoms with Crippen LogP contribution in [0.1, 0.15) is 38.1 Å². The number of carbonyl (C=O) groups excluding carboxylic acids is 1. The molecule has 0 aliphatic rings. The lowest BCUT2D eigenvalue weighted by atomic mass is 10.1. The van der Waals surface area contributed by atoms with Gasteiger partial charge < -0.3 is 10.5 Å². The van der Waals surface area contributed by atoms with E-state index < -0.39 is 0 Å². The molecule has 0 radical (unpaired) electrons. The number of benzene rings is 1. The van der Waals surface area contributed by atoms with Crippen molar-refractivity contribution in [3.8, 4) is 0 Å². The van der Waals surface area contributed by atoms with Crippen LogP contribution in [0, 0.1) is 5.92 Å². The number of thioether (sulfide) groups is 1. The zero-order valence-corrected chi connectivity index (χ0v) is 12.2. The third kappa shape index (κ3) is 3.67. The monoisotopic (exact) mass is 267 g/mol. The van der Waals surface area contributed by atoms with Gasteiger partial charge in [-0.15, -0.1) is 11.8 Å². The molecule has 1 aromatic rings. The summed E-state index contributed by atoms with van der Waals surface area (Å²) in [6.45, 7) is 8.61. The van der Waals surface area contributed by atoms with E-state index in [0.717, 1.165) is 4.90 Å². The standard InChI is InChI=1S/C14H21NO2S/c1-5-17-14(16)11-7-6-8-12(15)13(11)18-10(4)9(2)3/h6-10H,5,15H2,1-4H3. The molecule has 2 N–H and O–H groups in total. The highest BCUT2D eigenvalue weighted by atomic mass is 32.2. The Kier molecular flexibility index (Phi) is 5.54. The third-order valence-corrected chi connectivity index (χ3v) is 4.39. The lowest BCUT2D eigenvalue weighted by Crippen LogP contribution is -2.11. The van der Waals surface area contributed by atoms with Gasteiger partial charge in [0.25, 0.3) is 0 Å². The molecular weight excluding hydrogens is 246 g/mol. The van der Waals surface area contributed by atoms with E-state index in [-0.39, 0.29) is 5.97 Å². The zero-order chi connectivity index (χ0) is 13.7. The van der Waals surface area contributed by atoms with E-state index in [0.29, 0.717) is 29.0 Å². The predicted molar refractivity (Wildman–Crippen MR) is 77.0 cm³/mol. The molecule has 0 saturated heterocycles. The average Bonchev–Trinajstić information content (AvgIpc) is 2.31. The van der Waals surface area contributed by atoms with Crippen molar-refractivity contribution in [2.45, 2.75) is 37.8 Å². The van der Waals surface area contributed by atoms with Gasteiger partial charge >= 0.3 is 5.97 Å². The first-order valence-corrected chi connectivity index (χ1v) is 7.07. The molecular formula is C14H21NO2S. The summed E-state index contributed by atoms with van der Waals surface area (Å²) >= 11 is 1.63. The molecule has 0 fully saturated rings. The Hall–Kier alpha value is -1.16. The van der Waals surface area contributed by atoms with Crippen LogP contribution in [0.4, 0.5) is 5.69 Å². The van der Waals surface area contributed by atoms with Crippen LogP contribution in [-0.4, -0.2) is 17.8 Å². The number of rotatable bonds is 5. The van der Waals surface area contributed by atoms with Crippen molar-refractivity contribution in [2.24, 2.45) is 5.92 Å². The molecule has 4 heteroatoms. The topological polar surface area (TPSA) is 52.3 Å². The highest BCUT2D eigenvalue weighted by Gasteiger charge is 2.18. The lowest BCUT2D eigenvalue weighted by Gasteiger charge is -2.18. The predicted octanol–water partition coefficient (Wildman–Crippen LogP) is 3.58. The minimum absolute atomic E-state index is 0.303. The summed E-state index contributed by atoms with van der Waals surface area (Å²) in [6.07, 6.45) is 0. The molecule has 0 spiro atoms. The van der Waals surface area contributed by atoms with E-state index in [1.807, 2.05) is 6.07 Å². The Labute approximate surface area is 113 Å². The van der Waals surface area contributed by atoms with Crippen LogP contribution < -0.4 is 5.73 Å². The summed E-state index contributed by atoms with van der Waals surface area (Å²) in [5.74, 6) is 0.216. The van der Waals surface area contributed by atoms with Crippen molar-refractivity contribution in [2.75, 3.05) is 12.3 Å². The second-order valence-corrected chi connectivity index (χ2v) is 5.90. The average molecular weight is 267 g/mol. The molecule has 100 valence electrons. The molecule has 0 aliphatic heterocycles. The van der Waals surface area contributed by atoms with Gasteiger partial charge in [0.15, 0.2) is 0 Å². The summed E-state index contributed by atoms with van der Waals surface area (Å²) in [5, 5.41) is 0.392. The summed E-state index contributed by atoms with van der Waals surface area (Å²) in [6, 6.07) is 5.37. The van der Waals surface area contributed by atoms with Crippen molar-refractivity contribution in [1.29, 1.82) is 0 Å². The molecule has 0 aliphatic carbocycles. The van der Waals surface area contributed by atoms with Crippen LogP contribution >= 0.6 is 11.8 Å². The maximum atomic E-state index is 11.9. The number of nitrogen functional groups attached to an aromatic ring is 1. The Balaban J connectivity index is 3.04. The quantitative estimate of drug-likeness (QED) is 0.503. The minimum Gasteiger partial charge on any atom is -0.462 e. The SMILES string of the molecule is CCOC(=O)c1cccc(N)c1SC(C)C(C)C. The first-order chi connectivity index (χ1) is 8.47. The lowest BCUT2D eigenvalue weighted by molar-refractivity contribution is 0.0522. The largest absolute Gasteiger partial charge is 0.462 e. The summed E-state index contributed by atoms with van der Waals surface area (Å²) in [4.78, 5) is 12.7. The Bertz CT molecular complexity index is 418. The van der Waals surface area contributed by atoms with Gasteiger partial charge in [-0.1, -0.05) is 26.8 Å². The van der Waals surface area contributed by atoms with Gasteiger partial charge in [-0.05, 0) is 25.0 Å². The molecule has 1 rings (SSSR count). The molecule has 3 nitrogen and oxygen atoms in total. The van der Waals surface area contributed by atoms with Crippen LogP contribution in [0.15, 0.2) is 23.1 Å². The summed E-state index contributed by atoms with van der Waals surface area (Å²) in [7, 11) is 0. The molecule has 1 aromatic carbocycles. The maximum absolute atomic E-state index is 11.9. The number of nitrogens with two attached hydrogens (primary N) is 1. The Morgan fingerprint density at radius 3 is 2.61 bits per heavy atom. The summed E-state index contributed by atoms with van der Waals surface area (Å²) < 4.78 is 5.06. The van der Waals surface area contributed by atoms with E-state index in [1.165, 1.54) is 0 Å². The molecule has 0 saturated carbocycles. The van der Waals surface area contributed by atoms with Crippen molar-refractivity contribution in [3.63, 3.8) is 0 Å². The fourth-order valence-electron chi connectivity index (χ4n) is 1.38.